The largest absolute Gasteiger partial charge is 0.481 e. The highest BCUT2D eigenvalue weighted by Gasteiger charge is 2.56. The lowest BCUT2D eigenvalue weighted by Crippen LogP contribution is -2.58. The number of rotatable bonds is 2. The third kappa shape index (κ3) is 1.85. The monoisotopic (exact) mass is 246 g/mol. The molecule has 1 atom stereocenters. The Morgan fingerprint density at radius 2 is 1.94 bits per heavy atom. The van der Waals surface area contributed by atoms with Gasteiger partial charge in [-0.2, -0.15) is 11.8 Å². The number of ether oxygens (including phenoxy) is 1. The number of carbonyl (C=O) groups is 1. The molecule has 0 aliphatic carbocycles. The molecule has 2 aliphatic heterocycles. The van der Waals surface area contributed by atoms with Crippen molar-refractivity contribution in [3.63, 3.8) is 0 Å². The smallest absolute Gasteiger partial charge is 0.312 e. The zero-order valence-corrected chi connectivity index (χ0v) is 10.1. The Morgan fingerprint density at radius 3 is 2.44 bits per heavy atom. The quantitative estimate of drug-likeness (QED) is 0.764. The minimum absolute atomic E-state index is 0.430. The molecule has 2 N–H and O–H groups in total. The van der Waals surface area contributed by atoms with Crippen LogP contribution in [0.25, 0.3) is 0 Å². The number of hydrogen-bond acceptors (Lipinski definition) is 4. The Morgan fingerprint density at radius 1 is 1.25 bits per heavy atom. The molecular weight excluding hydrogens is 228 g/mol. The minimum atomic E-state index is -1.05. The molecular formula is C11H18O4S. The molecule has 0 aromatic heterocycles. The Hall–Kier alpha value is -0.260. The zero-order valence-electron chi connectivity index (χ0n) is 9.28. The molecule has 0 aromatic rings. The molecule has 92 valence electrons. The number of carboxylic acids is 1. The lowest BCUT2D eigenvalue weighted by atomic mass is 9.65. The highest BCUT2D eigenvalue weighted by atomic mass is 32.2. The summed E-state index contributed by atoms with van der Waals surface area (Å²) in [5, 5.41) is 20.1. The van der Waals surface area contributed by atoms with Crippen molar-refractivity contribution in [2.24, 2.45) is 5.41 Å². The fraction of sp³-hybridized carbons (Fsp3) is 0.909. The molecule has 1 unspecified atom stereocenters. The number of thioether (sulfide) groups is 1. The van der Waals surface area contributed by atoms with Gasteiger partial charge in [-0.3, -0.25) is 4.79 Å². The van der Waals surface area contributed by atoms with E-state index in [0.29, 0.717) is 38.2 Å². The third-order valence-corrected chi connectivity index (χ3v) is 5.13. The molecule has 2 fully saturated rings. The minimum Gasteiger partial charge on any atom is -0.481 e. The Labute approximate surface area is 99.4 Å². The van der Waals surface area contributed by atoms with Gasteiger partial charge in [0.1, 0.15) is 5.41 Å². The maximum atomic E-state index is 11.6. The molecule has 2 aliphatic rings. The van der Waals surface area contributed by atoms with Crippen LogP contribution in [-0.2, 0) is 9.53 Å². The highest BCUT2D eigenvalue weighted by molar-refractivity contribution is 7.99. The van der Waals surface area contributed by atoms with E-state index in [-0.39, 0.29) is 0 Å². The molecule has 0 aromatic carbocycles. The average molecular weight is 246 g/mol. The van der Waals surface area contributed by atoms with Crippen molar-refractivity contribution in [1.29, 1.82) is 0 Å². The van der Waals surface area contributed by atoms with E-state index in [4.69, 9.17) is 4.74 Å². The predicted octanol–water partition coefficient (Wildman–Crippen LogP) is 1.13. The Bertz CT molecular complexity index is 267. The normalized spacial score (nSPS) is 34.6. The van der Waals surface area contributed by atoms with Crippen LogP contribution in [0.1, 0.15) is 25.7 Å². The van der Waals surface area contributed by atoms with E-state index in [1.165, 1.54) is 0 Å². The summed E-state index contributed by atoms with van der Waals surface area (Å²) in [5.41, 5.74) is -2.04. The van der Waals surface area contributed by atoms with Gasteiger partial charge in [0.2, 0.25) is 0 Å². The van der Waals surface area contributed by atoms with Crippen LogP contribution in [0.3, 0.4) is 0 Å². The van der Waals surface area contributed by atoms with Gasteiger partial charge in [-0.1, -0.05) is 0 Å². The first-order chi connectivity index (χ1) is 7.61. The maximum Gasteiger partial charge on any atom is 0.312 e. The molecule has 4 nitrogen and oxygen atoms in total. The maximum absolute atomic E-state index is 11.6. The first kappa shape index (κ1) is 12.2. The molecule has 2 saturated heterocycles. The summed E-state index contributed by atoms with van der Waals surface area (Å²) in [7, 11) is 0. The number of aliphatic carboxylic acids is 1. The summed E-state index contributed by atoms with van der Waals surface area (Å²) in [5.74, 6) is 0.703. The van der Waals surface area contributed by atoms with Crippen LogP contribution in [0.4, 0.5) is 0 Å². The van der Waals surface area contributed by atoms with Gasteiger partial charge < -0.3 is 14.9 Å². The summed E-state index contributed by atoms with van der Waals surface area (Å²) in [6.07, 6.45) is 2.36. The van der Waals surface area contributed by atoms with Crippen molar-refractivity contribution in [2.45, 2.75) is 31.3 Å². The zero-order chi connectivity index (χ0) is 11.6. The van der Waals surface area contributed by atoms with Gasteiger partial charge in [0.15, 0.2) is 0 Å². The van der Waals surface area contributed by atoms with Crippen LogP contribution in [0.15, 0.2) is 0 Å². The molecule has 0 radical (unpaired) electrons. The van der Waals surface area contributed by atoms with Crippen molar-refractivity contribution in [3.8, 4) is 0 Å². The summed E-state index contributed by atoms with van der Waals surface area (Å²) in [6.45, 7) is 0.887. The second kappa shape index (κ2) is 4.55. The van der Waals surface area contributed by atoms with Crippen LogP contribution in [0.5, 0.6) is 0 Å². The van der Waals surface area contributed by atoms with Crippen molar-refractivity contribution in [3.05, 3.63) is 0 Å². The molecule has 16 heavy (non-hydrogen) atoms. The second-order valence-corrected chi connectivity index (χ2v) is 5.79. The molecule has 0 amide bonds. The summed E-state index contributed by atoms with van der Waals surface area (Å²) < 4.78 is 5.23. The molecule has 5 heteroatoms. The van der Waals surface area contributed by atoms with E-state index in [9.17, 15) is 15.0 Å². The van der Waals surface area contributed by atoms with E-state index >= 15 is 0 Å². The van der Waals surface area contributed by atoms with Crippen molar-refractivity contribution in [1.82, 2.24) is 0 Å². The first-order valence-electron chi connectivity index (χ1n) is 5.72. The summed E-state index contributed by atoms with van der Waals surface area (Å²) in [6, 6.07) is 0. The van der Waals surface area contributed by atoms with Crippen LogP contribution >= 0.6 is 11.8 Å². The lowest BCUT2D eigenvalue weighted by Gasteiger charge is -2.48. The Balaban J connectivity index is 2.26. The summed E-state index contributed by atoms with van der Waals surface area (Å²) >= 11 is 1.66. The van der Waals surface area contributed by atoms with Crippen LogP contribution in [-0.4, -0.2) is 46.5 Å². The molecule has 2 heterocycles. The second-order valence-electron chi connectivity index (χ2n) is 4.69. The van der Waals surface area contributed by atoms with E-state index in [1.54, 1.807) is 11.8 Å². The SMILES string of the molecule is O=C(O)C1(C2(O)CCCSC2)CCOCC1. The molecule has 0 bridgehead atoms. The topological polar surface area (TPSA) is 66.8 Å². The number of aliphatic hydroxyl groups is 1. The van der Waals surface area contributed by atoms with Gasteiger partial charge in [-0.05, 0) is 31.4 Å². The predicted molar refractivity (Wildman–Crippen MR) is 61.6 cm³/mol. The molecule has 0 saturated carbocycles. The fourth-order valence-electron chi connectivity index (χ4n) is 2.76. The number of hydrogen-bond donors (Lipinski definition) is 2. The van der Waals surface area contributed by atoms with E-state index in [1.807, 2.05) is 0 Å². The van der Waals surface area contributed by atoms with E-state index in [2.05, 4.69) is 0 Å². The molecule has 0 spiro atoms. The van der Waals surface area contributed by atoms with Crippen LogP contribution < -0.4 is 0 Å². The fourth-order valence-corrected chi connectivity index (χ4v) is 4.01. The van der Waals surface area contributed by atoms with E-state index in [0.717, 1.165) is 12.2 Å². The molecule has 2 rings (SSSR count). The summed E-state index contributed by atoms with van der Waals surface area (Å²) in [4.78, 5) is 11.6. The van der Waals surface area contributed by atoms with Gasteiger partial charge in [0.05, 0.1) is 5.60 Å². The van der Waals surface area contributed by atoms with E-state index < -0.39 is 17.0 Å². The van der Waals surface area contributed by atoms with Gasteiger partial charge in [-0.15, -0.1) is 0 Å². The van der Waals surface area contributed by atoms with Gasteiger partial charge >= 0.3 is 5.97 Å². The van der Waals surface area contributed by atoms with Crippen LogP contribution in [0.2, 0.25) is 0 Å². The van der Waals surface area contributed by atoms with Crippen molar-refractivity contribution < 1.29 is 19.7 Å². The number of carboxylic acid groups (broad SMARTS) is 1. The Kier molecular flexibility index (Phi) is 3.47. The standard InChI is InChI=1S/C11H18O4S/c12-9(13)10(3-5-15-6-4-10)11(14)2-1-7-16-8-11/h14H,1-8H2,(H,12,13). The van der Waals surface area contributed by atoms with Crippen LogP contribution in [0, 0.1) is 5.41 Å². The first-order valence-corrected chi connectivity index (χ1v) is 6.87. The van der Waals surface area contributed by atoms with Crippen molar-refractivity contribution in [2.75, 3.05) is 24.7 Å². The van der Waals surface area contributed by atoms with Gasteiger partial charge in [0.25, 0.3) is 0 Å². The highest BCUT2D eigenvalue weighted by Crippen LogP contribution is 2.47. The van der Waals surface area contributed by atoms with Gasteiger partial charge in [-0.25, -0.2) is 0 Å². The van der Waals surface area contributed by atoms with Crippen molar-refractivity contribution >= 4 is 17.7 Å². The average Bonchev–Trinajstić information content (AvgIpc) is 2.30. The lowest BCUT2D eigenvalue weighted by molar-refractivity contribution is -0.181. The third-order valence-electron chi connectivity index (χ3n) is 3.87. The van der Waals surface area contributed by atoms with Gasteiger partial charge in [0, 0.05) is 19.0 Å².